The van der Waals surface area contributed by atoms with Gasteiger partial charge in [-0.2, -0.15) is 5.10 Å². The molecule has 0 spiro atoms. The van der Waals surface area contributed by atoms with Crippen LogP contribution in [0.3, 0.4) is 0 Å². The van der Waals surface area contributed by atoms with E-state index >= 15 is 0 Å². The fourth-order valence-electron chi connectivity index (χ4n) is 2.27. The number of anilines is 1. The molecule has 1 amide bonds. The van der Waals surface area contributed by atoms with E-state index in [1.807, 2.05) is 48.4 Å². The lowest BCUT2D eigenvalue weighted by Crippen LogP contribution is -2.16. The molecule has 0 fully saturated rings. The van der Waals surface area contributed by atoms with Crippen molar-refractivity contribution in [2.75, 3.05) is 19.0 Å². The summed E-state index contributed by atoms with van der Waals surface area (Å²) in [4.78, 5) is 14.6. The van der Waals surface area contributed by atoms with E-state index in [-0.39, 0.29) is 5.91 Å². The van der Waals surface area contributed by atoms with Crippen LogP contribution in [0.2, 0.25) is 0 Å². The smallest absolute Gasteiger partial charge is 0.281 e. The number of thiophene rings is 1. The molecule has 1 N–H and O–H groups in total. The first-order valence-corrected chi connectivity index (χ1v) is 8.35. The Morgan fingerprint density at radius 3 is 2.62 bits per heavy atom. The average Bonchev–Trinajstić information content (AvgIpc) is 3.26. The largest absolute Gasteiger partial charge is 0.378 e. The molecule has 1 aromatic carbocycles. The standard InChI is InChI=1S/C18H18N4OS/c1-21(2)14-7-9-15(10-8-14)22-11-3-5-16(22)13-19-20-18(23)17-6-4-12-24-17/h3-13H,1-2H3,(H,20,23). The molecule has 0 atom stereocenters. The number of nitrogens with one attached hydrogen (secondary N) is 1. The molecule has 6 heteroatoms. The zero-order valence-corrected chi connectivity index (χ0v) is 14.3. The van der Waals surface area contributed by atoms with E-state index in [2.05, 4.69) is 39.7 Å². The molecule has 5 nitrogen and oxygen atoms in total. The molecule has 0 saturated heterocycles. The molecule has 24 heavy (non-hydrogen) atoms. The molecule has 0 unspecified atom stereocenters. The molecular weight excluding hydrogens is 320 g/mol. The minimum Gasteiger partial charge on any atom is -0.378 e. The molecule has 2 heterocycles. The topological polar surface area (TPSA) is 49.6 Å². The highest BCUT2D eigenvalue weighted by atomic mass is 32.1. The summed E-state index contributed by atoms with van der Waals surface area (Å²) < 4.78 is 2.01. The second kappa shape index (κ2) is 7.14. The summed E-state index contributed by atoms with van der Waals surface area (Å²) in [5.74, 6) is -0.199. The number of hydrogen-bond donors (Lipinski definition) is 1. The van der Waals surface area contributed by atoms with Crippen LogP contribution in [-0.2, 0) is 0 Å². The highest BCUT2D eigenvalue weighted by Gasteiger charge is 2.05. The Bertz CT molecular complexity index is 832. The molecule has 0 radical (unpaired) electrons. The summed E-state index contributed by atoms with van der Waals surface area (Å²) in [7, 11) is 4.03. The normalized spacial score (nSPS) is 10.9. The van der Waals surface area contributed by atoms with Crippen molar-refractivity contribution >= 4 is 29.1 Å². The highest BCUT2D eigenvalue weighted by Crippen LogP contribution is 2.17. The lowest BCUT2D eigenvalue weighted by molar-refractivity contribution is 0.0959. The van der Waals surface area contributed by atoms with Gasteiger partial charge < -0.3 is 9.47 Å². The lowest BCUT2D eigenvalue weighted by Gasteiger charge is -2.13. The number of hydrogen-bond acceptors (Lipinski definition) is 4. The fraction of sp³-hybridized carbons (Fsp3) is 0.111. The summed E-state index contributed by atoms with van der Waals surface area (Å²) in [6.45, 7) is 0. The van der Waals surface area contributed by atoms with Gasteiger partial charge in [-0.25, -0.2) is 5.43 Å². The van der Waals surface area contributed by atoms with E-state index in [0.29, 0.717) is 4.88 Å². The quantitative estimate of drug-likeness (QED) is 0.573. The molecule has 0 aliphatic heterocycles. The number of rotatable bonds is 5. The minimum atomic E-state index is -0.199. The third kappa shape index (κ3) is 3.55. The van der Waals surface area contributed by atoms with Crippen molar-refractivity contribution in [1.29, 1.82) is 0 Å². The Morgan fingerprint density at radius 2 is 1.96 bits per heavy atom. The third-order valence-corrected chi connectivity index (χ3v) is 4.40. The number of hydrazone groups is 1. The lowest BCUT2D eigenvalue weighted by atomic mass is 10.2. The van der Waals surface area contributed by atoms with Crippen molar-refractivity contribution < 1.29 is 4.79 Å². The van der Waals surface area contributed by atoms with Crippen molar-refractivity contribution in [2.24, 2.45) is 5.10 Å². The van der Waals surface area contributed by atoms with Crippen LogP contribution in [0, 0.1) is 0 Å². The van der Waals surface area contributed by atoms with Crippen LogP contribution in [-0.4, -0.2) is 30.8 Å². The molecule has 0 aliphatic carbocycles. The first-order valence-electron chi connectivity index (χ1n) is 7.47. The number of carbonyl (C=O) groups excluding carboxylic acids is 1. The molecule has 122 valence electrons. The Hall–Kier alpha value is -2.86. The van der Waals surface area contributed by atoms with Gasteiger partial charge in [-0.05, 0) is 47.8 Å². The number of carbonyl (C=O) groups is 1. The second-order valence-electron chi connectivity index (χ2n) is 5.39. The summed E-state index contributed by atoms with van der Waals surface area (Å²) in [5.41, 5.74) is 5.62. The predicted octanol–water partition coefficient (Wildman–Crippen LogP) is 3.37. The van der Waals surface area contributed by atoms with E-state index in [4.69, 9.17) is 0 Å². The number of aromatic nitrogens is 1. The van der Waals surface area contributed by atoms with Gasteiger partial charge in [0.15, 0.2) is 0 Å². The zero-order valence-electron chi connectivity index (χ0n) is 13.5. The van der Waals surface area contributed by atoms with Gasteiger partial charge in [0.25, 0.3) is 5.91 Å². The maximum Gasteiger partial charge on any atom is 0.281 e. The monoisotopic (exact) mass is 338 g/mol. The average molecular weight is 338 g/mol. The van der Waals surface area contributed by atoms with Crippen molar-refractivity contribution in [2.45, 2.75) is 0 Å². The van der Waals surface area contributed by atoms with Crippen LogP contribution < -0.4 is 10.3 Å². The zero-order chi connectivity index (χ0) is 16.9. The number of benzene rings is 1. The van der Waals surface area contributed by atoms with Crippen molar-refractivity contribution in [3.63, 3.8) is 0 Å². The van der Waals surface area contributed by atoms with Crippen molar-refractivity contribution in [3.8, 4) is 5.69 Å². The van der Waals surface area contributed by atoms with Gasteiger partial charge in [0.05, 0.1) is 16.8 Å². The maximum absolute atomic E-state index is 11.9. The molecule has 3 aromatic rings. The minimum absolute atomic E-state index is 0.199. The van der Waals surface area contributed by atoms with E-state index in [1.165, 1.54) is 11.3 Å². The van der Waals surface area contributed by atoms with Gasteiger partial charge in [-0.3, -0.25) is 4.79 Å². The van der Waals surface area contributed by atoms with Crippen LogP contribution in [0.5, 0.6) is 0 Å². The van der Waals surface area contributed by atoms with Gasteiger partial charge in [-0.15, -0.1) is 11.3 Å². The van der Waals surface area contributed by atoms with Gasteiger partial charge >= 0.3 is 0 Å². The molecule has 0 bridgehead atoms. The maximum atomic E-state index is 11.9. The van der Waals surface area contributed by atoms with Gasteiger partial charge in [-0.1, -0.05) is 6.07 Å². The van der Waals surface area contributed by atoms with Crippen LogP contribution in [0.15, 0.2) is 65.2 Å². The van der Waals surface area contributed by atoms with E-state index in [1.54, 1.807) is 12.3 Å². The number of nitrogens with zero attached hydrogens (tertiary/aromatic N) is 3. The first kappa shape index (κ1) is 16.0. The van der Waals surface area contributed by atoms with Gasteiger partial charge in [0.1, 0.15) is 0 Å². The van der Waals surface area contributed by atoms with Gasteiger partial charge in [0, 0.05) is 31.7 Å². The Balaban J connectivity index is 1.73. The molecular formula is C18H18N4OS. The highest BCUT2D eigenvalue weighted by molar-refractivity contribution is 7.12. The summed E-state index contributed by atoms with van der Waals surface area (Å²) in [5, 5.41) is 5.92. The first-order chi connectivity index (χ1) is 11.6. The van der Waals surface area contributed by atoms with E-state index < -0.39 is 0 Å². The summed E-state index contributed by atoms with van der Waals surface area (Å²) in [6, 6.07) is 15.7. The third-order valence-electron chi connectivity index (χ3n) is 3.53. The Kier molecular flexibility index (Phi) is 4.77. The SMILES string of the molecule is CN(C)c1ccc(-n2cccc2C=NNC(=O)c2cccs2)cc1. The van der Waals surface area contributed by atoms with Crippen LogP contribution in [0.1, 0.15) is 15.4 Å². The molecule has 0 saturated carbocycles. The van der Waals surface area contributed by atoms with Crippen LogP contribution in [0.4, 0.5) is 5.69 Å². The summed E-state index contributed by atoms with van der Waals surface area (Å²) in [6.07, 6.45) is 3.61. The van der Waals surface area contributed by atoms with E-state index in [9.17, 15) is 4.79 Å². The molecule has 3 rings (SSSR count). The van der Waals surface area contributed by atoms with E-state index in [0.717, 1.165) is 17.1 Å². The molecule has 2 aromatic heterocycles. The number of amides is 1. The van der Waals surface area contributed by atoms with Crippen molar-refractivity contribution in [1.82, 2.24) is 9.99 Å². The van der Waals surface area contributed by atoms with Crippen molar-refractivity contribution in [3.05, 3.63) is 70.7 Å². The predicted molar refractivity (Wildman–Crippen MR) is 99.5 cm³/mol. The van der Waals surface area contributed by atoms with Gasteiger partial charge in [0.2, 0.25) is 0 Å². The second-order valence-corrected chi connectivity index (χ2v) is 6.34. The Morgan fingerprint density at radius 1 is 1.17 bits per heavy atom. The van der Waals surface area contributed by atoms with Crippen LogP contribution in [0.25, 0.3) is 5.69 Å². The fourth-order valence-corrected chi connectivity index (χ4v) is 2.88. The Labute approximate surface area is 144 Å². The summed E-state index contributed by atoms with van der Waals surface area (Å²) >= 11 is 1.39. The molecule has 0 aliphatic rings. The van der Waals surface area contributed by atoms with Crippen LogP contribution >= 0.6 is 11.3 Å².